The minimum Gasteiger partial charge on any atom is -0.309 e. The molecule has 64 heavy (non-hydrogen) atoms. The van der Waals surface area contributed by atoms with Gasteiger partial charge in [-0.1, -0.05) is 214 Å². The first-order valence-corrected chi connectivity index (χ1v) is 22.7. The Morgan fingerprint density at radius 1 is 0.406 bits per heavy atom. The Labute approximate surface area is 376 Å². The molecular formula is C63H47N. The van der Waals surface area contributed by atoms with E-state index < -0.39 is 0 Å². The second-order valence-electron chi connectivity index (χ2n) is 17.9. The third-order valence-corrected chi connectivity index (χ3v) is 13.9. The highest BCUT2D eigenvalue weighted by Gasteiger charge is 2.37. The zero-order chi connectivity index (χ0) is 42.8. The maximum atomic E-state index is 2.54. The van der Waals surface area contributed by atoms with Crippen LogP contribution in [-0.2, 0) is 5.41 Å². The normalized spacial score (nSPS) is 14.0. The molecule has 0 spiro atoms. The number of aromatic nitrogens is 1. The van der Waals surface area contributed by atoms with Crippen molar-refractivity contribution in [3.8, 4) is 72.4 Å². The summed E-state index contributed by atoms with van der Waals surface area (Å²) in [6.07, 6.45) is 6.98. The summed E-state index contributed by atoms with van der Waals surface area (Å²) in [5.74, 6) is 0. The van der Waals surface area contributed by atoms with Crippen LogP contribution in [0.3, 0.4) is 0 Å². The first kappa shape index (κ1) is 38.0. The van der Waals surface area contributed by atoms with Crippen molar-refractivity contribution in [3.05, 3.63) is 241 Å². The molecule has 12 rings (SSSR count). The maximum absolute atomic E-state index is 2.54. The molecule has 0 fully saturated rings. The lowest BCUT2D eigenvalue weighted by atomic mass is 9.78. The van der Waals surface area contributed by atoms with Crippen LogP contribution in [0.4, 0.5) is 0 Å². The van der Waals surface area contributed by atoms with E-state index in [1.165, 1.54) is 105 Å². The van der Waals surface area contributed by atoms with E-state index in [9.17, 15) is 0 Å². The SMILES string of the molecule is CC1(C)C2=C(C=CCC2)c2cc(-c3cccc(-c4cccc5c4c4c(-c6ccccc6)c(-c6ccccc6)c(-c6ccccc6)c(-c6ccccc6)c4n5-c4ccccc4)c3)ccc21. The highest BCUT2D eigenvalue weighted by atomic mass is 15.0. The Kier molecular flexibility index (Phi) is 9.05. The van der Waals surface area contributed by atoms with Crippen LogP contribution >= 0.6 is 0 Å². The molecule has 0 amide bonds. The van der Waals surface area contributed by atoms with Crippen molar-refractivity contribution in [1.82, 2.24) is 4.57 Å². The number of hydrogen-bond donors (Lipinski definition) is 0. The molecule has 1 heterocycles. The van der Waals surface area contributed by atoms with Crippen LogP contribution in [0.5, 0.6) is 0 Å². The van der Waals surface area contributed by atoms with Crippen molar-refractivity contribution in [1.29, 1.82) is 0 Å². The lowest BCUT2D eigenvalue weighted by Crippen LogP contribution is -2.17. The highest BCUT2D eigenvalue weighted by molar-refractivity contribution is 6.29. The van der Waals surface area contributed by atoms with Gasteiger partial charge in [-0.3, -0.25) is 0 Å². The number of hydrogen-bond acceptors (Lipinski definition) is 0. The standard InChI is InChI=1S/C63H47N/c1-63(2)53-36-19-18-34-51(53)52-41-47(38-39-54(52)63)46-30-20-31-48(40-46)50-35-21-37-55-60(50)61-58(44-26-12-5-13-27-44)56(42-22-8-3-9-23-42)57(43-24-10-4-11-25-43)59(45-28-14-6-15-29-45)62(61)64(55)49-32-16-7-17-33-49/h3-18,20-35,37-41H,19,36H2,1-2H3. The quantitative estimate of drug-likeness (QED) is 0.151. The third-order valence-electron chi connectivity index (χ3n) is 13.9. The topological polar surface area (TPSA) is 4.93 Å². The van der Waals surface area contributed by atoms with Crippen molar-refractivity contribution >= 4 is 27.4 Å². The van der Waals surface area contributed by atoms with Gasteiger partial charge in [-0.05, 0) is 110 Å². The van der Waals surface area contributed by atoms with Crippen LogP contribution in [0, 0.1) is 0 Å². The summed E-state index contributed by atoms with van der Waals surface area (Å²) < 4.78 is 2.54. The fourth-order valence-electron chi connectivity index (χ4n) is 11.1. The van der Waals surface area contributed by atoms with Gasteiger partial charge in [0.25, 0.3) is 0 Å². The average Bonchev–Trinajstić information content (AvgIpc) is 3.83. The lowest BCUT2D eigenvalue weighted by Gasteiger charge is -2.25. The van der Waals surface area contributed by atoms with Crippen molar-refractivity contribution in [3.63, 3.8) is 0 Å². The molecule has 0 N–H and O–H groups in total. The van der Waals surface area contributed by atoms with Gasteiger partial charge >= 0.3 is 0 Å². The van der Waals surface area contributed by atoms with Gasteiger partial charge in [-0.25, -0.2) is 0 Å². The summed E-state index contributed by atoms with van der Waals surface area (Å²) in [5.41, 5.74) is 23.9. The molecule has 0 unspecified atom stereocenters. The van der Waals surface area contributed by atoms with E-state index in [1.807, 2.05) is 0 Å². The molecule has 304 valence electrons. The first-order chi connectivity index (χ1) is 31.6. The maximum Gasteiger partial charge on any atom is 0.0632 e. The van der Waals surface area contributed by atoms with Gasteiger partial charge in [0, 0.05) is 38.6 Å². The molecule has 0 saturated heterocycles. The zero-order valence-corrected chi connectivity index (χ0v) is 36.2. The molecule has 10 aromatic rings. The van der Waals surface area contributed by atoms with Crippen LogP contribution in [0.15, 0.2) is 230 Å². The fourth-order valence-corrected chi connectivity index (χ4v) is 11.1. The summed E-state index contributed by atoms with van der Waals surface area (Å²) >= 11 is 0. The van der Waals surface area contributed by atoms with E-state index >= 15 is 0 Å². The van der Waals surface area contributed by atoms with Gasteiger partial charge < -0.3 is 4.57 Å². The third kappa shape index (κ3) is 5.99. The smallest absolute Gasteiger partial charge is 0.0632 e. The molecule has 0 radical (unpaired) electrons. The van der Waals surface area contributed by atoms with Crippen LogP contribution in [0.1, 0.15) is 37.8 Å². The minimum atomic E-state index is 0.0481. The second kappa shape index (κ2) is 15.3. The molecular weight excluding hydrogens is 771 g/mol. The second-order valence-corrected chi connectivity index (χ2v) is 17.9. The summed E-state index contributed by atoms with van der Waals surface area (Å²) in [6.45, 7) is 4.80. The van der Waals surface area contributed by atoms with E-state index in [0.717, 1.165) is 18.5 Å². The number of fused-ring (bicyclic) bond motifs is 5. The Bertz CT molecular complexity index is 3460. The molecule has 0 aliphatic heterocycles. The number of allylic oxidation sites excluding steroid dienone is 4. The van der Waals surface area contributed by atoms with Gasteiger partial charge in [0.2, 0.25) is 0 Å². The molecule has 0 atom stereocenters. The minimum absolute atomic E-state index is 0.0481. The Morgan fingerprint density at radius 3 is 1.56 bits per heavy atom. The Balaban J connectivity index is 1.24. The van der Waals surface area contributed by atoms with Crippen molar-refractivity contribution in [2.45, 2.75) is 32.1 Å². The van der Waals surface area contributed by atoms with E-state index in [1.54, 1.807) is 5.57 Å². The number of rotatable bonds is 7. The fraction of sp³-hybridized carbons (Fsp3) is 0.0794. The molecule has 9 aromatic carbocycles. The average molecular weight is 818 g/mol. The largest absolute Gasteiger partial charge is 0.309 e. The monoisotopic (exact) mass is 817 g/mol. The Hall–Kier alpha value is -7.74. The van der Waals surface area contributed by atoms with Gasteiger partial charge in [0.05, 0.1) is 11.0 Å². The predicted octanol–water partition coefficient (Wildman–Crippen LogP) is 17.2. The summed E-state index contributed by atoms with van der Waals surface area (Å²) in [5, 5.41) is 2.48. The van der Waals surface area contributed by atoms with Crippen molar-refractivity contribution in [2.75, 3.05) is 0 Å². The van der Waals surface area contributed by atoms with Gasteiger partial charge in [0.15, 0.2) is 0 Å². The van der Waals surface area contributed by atoms with Gasteiger partial charge in [-0.15, -0.1) is 0 Å². The zero-order valence-electron chi connectivity index (χ0n) is 36.2. The highest BCUT2D eigenvalue weighted by Crippen LogP contribution is 2.56. The lowest BCUT2D eigenvalue weighted by molar-refractivity contribution is 0.607. The van der Waals surface area contributed by atoms with E-state index in [4.69, 9.17) is 0 Å². The van der Waals surface area contributed by atoms with Crippen molar-refractivity contribution < 1.29 is 0 Å². The summed E-state index contributed by atoms with van der Waals surface area (Å²) in [7, 11) is 0. The molecule has 0 saturated carbocycles. The molecule has 2 aliphatic carbocycles. The van der Waals surface area contributed by atoms with Crippen LogP contribution in [0.2, 0.25) is 0 Å². The molecule has 0 bridgehead atoms. The molecule has 1 heteroatoms. The number of nitrogens with zero attached hydrogens (tertiary/aromatic N) is 1. The van der Waals surface area contributed by atoms with Crippen LogP contribution in [0.25, 0.3) is 99.8 Å². The molecule has 2 aliphatic rings. The van der Waals surface area contributed by atoms with E-state index in [-0.39, 0.29) is 5.41 Å². The van der Waals surface area contributed by atoms with Crippen LogP contribution in [-0.4, -0.2) is 4.57 Å². The van der Waals surface area contributed by atoms with E-state index in [2.05, 4.69) is 243 Å². The van der Waals surface area contributed by atoms with Crippen LogP contribution < -0.4 is 0 Å². The molecule has 1 aromatic heterocycles. The molecule has 1 nitrogen and oxygen atoms in total. The van der Waals surface area contributed by atoms with Gasteiger partial charge in [-0.2, -0.15) is 0 Å². The van der Waals surface area contributed by atoms with Gasteiger partial charge in [0.1, 0.15) is 0 Å². The van der Waals surface area contributed by atoms with Crippen molar-refractivity contribution in [2.24, 2.45) is 0 Å². The Morgan fingerprint density at radius 2 is 0.922 bits per heavy atom. The summed E-state index contributed by atoms with van der Waals surface area (Å²) in [4.78, 5) is 0. The number of benzene rings is 9. The summed E-state index contributed by atoms with van der Waals surface area (Å²) in [6, 6.07) is 78.6. The van der Waals surface area contributed by atoms with E-state index in [0.29, 0.717) is 0 Å². The predicted molar refractivity (Wildman–Crippen MR) is 272 cm³/mol. The number of para-hydroxylation sites is 1. The first-order valence-electron chi connectivity index (χ1n) is 22.7.